The van der Waals surface area contributed by atoms with Gasteiger partial charge < -0.3 is 31.7 Å². The molecule has 1 aliphatic rings. The fourth-order valence-electron chi connectivity index (χ4n) is 1.81. The lowest BCUT2D eigenvalue weighted by atomic mass is 10.1. The van der Waals surface area contributed by atoms with Crippen LogP contribution in [-0.2, 0) is 4.74 Å². The van der Waals surface area contributed by atoms with Crippen LogP contribution in [0.25, 0.3) is 0 Å². The first-order valence-electron chi connectivity index (χ1n) is 5.60. The Labute approximate surface area is 104 Å². The summed E-state index contributed by atoms with van der Waals surface area (Å²) in [6, 6.07) is 0. The van der Waals surface area contributed by atoms with E-state index in [4.69, 9.17) is 16.2 Å². The van der Waals surface area contributed by atoms with E-state index < -0.39 is 24.5 Å². The molecule has 0 aliphatic carbocycles. The Morgan fingerprint density at radius 2 is 2.11 bits per heavy atom. The van der Waals surface area contributed by atoms with Crippen molar-refractivity contribution in [2.45, 2.75) is 31.5 Å². The van der Waals surface area contributed by atoms with Crippen LogP contribution < -0.4 is 16.8 Å². The maximum atomic E-state index is 9.81. The number of ether oxygens (including phenoxy) is 1. The van der Waals surface area contributed by atoms with E-state index in [1.807, 2.05) is 0 Å². The number of nitrogens with zero attached hydrogens (tertiary/aromatic N) is 2. The maximum absolute atomic E-state index is 9.81. The quantitative estimate of drug-likeness (QED) is 0.425. The number of hydrogen-bond donors (Lipinski definition) is 5. The third-order valence-electron chi connectivity index (χ3n) is 3.00. The monoisotopic (exact) mass is 255 g/mol. The van der Waals surface area contributed by atoms with Crippen LogP contribution in [-0.4, -0.2) is 51.3 Å². The van der Waals surface area contributed by atoms with Crippen molar-refractivity contribution in [2.75, 3.05) is 17.6 Å². The first kappa shape index (κ1) is 13.0. The summed E-state index contributed by atoms with van der Waals surface area (Å²) in [6.07, 6.45) is -2.16. The molecule has 2 rings (SSSR count). The number of nitrogen functional groups attached to an aromatic ring is 1. The normalized spacial score (nSPS) is 31.6. The molecular weight excluding hydrogens is 238 g/mol. The van der Waals surface area contributed by atoms with Crippen LogP contribution in [0.2, 0.25) is 0 Å². The minimum Gasteiger partial charge on any atom is -0.387 e. The zero-order valence-electron chi connectivity index (χ0n) is 9.95. The highest BCUT2D eigenvalue weighted by Crippen LogP contribution is 2.24. The molecule has 18 heavy (non-hydrogen) atoms. The molecule has 100 valence electrons. The highest BCUT2D eigenvalue weighted by molar-refractivity contribution is 5.54. The lowest BCUT2D eigenvalue weighted by Gasteiger charge is -2.18. The minimum atomic E-state index is -1.07. The van der Waals surface area contributed by atoms with Crippen molar-refractivity contribution in [3.05, 3.63) is 11.9 Å². The number of aliphatic hydroxyl groups is 2. The van der Waals surface area contributed by atoms with Gasteiger partial charge in [0.15, 0.2) is 6.23 Å². The summed E-state index contributed by atoms with van der Waals surface area (Å²) >= 11 is 0. The molecular formula is C10H17N5O3. The van der Waals surface area contributed by atoms with E-state index in [2.05, 4.69) is 15.3 Å². The van der Waals surface area contributed by atoms with E-state index in [0.29, 0.717) is 17.2 Å². The Morgan fingerprint density at radius 3 is 2.72 bits per heavy atom. The molecule has 0 bridgehead atoms. The molecule has 7 N–H and O–H groups in total. The predicted octanol–water partition coefficient (Wildman–Crippen LogP) is -1.82. The van der Waals surface area contributed by atoms with Crippen LogP contribution in [0.3, 0.4) is 0 Å². The number of anilines is 2. The lowest BCUT2D eigenvalue weighted by Crippen LogP contribution is -2.37. The first-order valence-corrected chi connectivity index (χ1v) is 5.60. The fourth-order valence-corrected chi connectivity index (χ4v) is 1.81. The molecule has 1 aliphatic heterocycles. The van der Waals surface area contributed by atoms with E-state index in [0.717, 1.165) is 0 Å². The van der Waals surface area contributed by atoms with Crippen LogP contribution in [0.15, 0.2) is 6.33 Å². The topological polar surface area (TPSA) is 140 Å². The third kappa shape index (κ3) is 2.23. The van der Waals surface area contributed by atoms with Crippen LogP contribution in [0, 0.1) is 6.92 Å². The average Bonchev–Trinajstić information content (AvgIpc) is 2.63. The van der Waals surface area contributed by atoms with Gasteiger partial charge in [0.25, 0.3) is 0 Å². The number of aliphatic hydroxyl groups excluding tert-OH is 2. The van der Waals surface area contributed by atoms with Gasteiger partial charge in [-0.2, -0.15) is 0 Å². The van der Waals surface area contributed by atoms with E-state index in [9.17, 15) is 10.2 Å². The molecule has 2 heterocycles. The Hall–Kier alpha value is -1.48. The summed E-state index contributed by atoms with van der Waals surface area (Å²) in [4.78, 5) is 7.84. The van der Waals surface area contributed by atoms with Gasteiger partial charge in [-0.15, -0.1) is 0 Å². The fraction of sp³-hybridized carbons (Fsp3) is 0.600. The molecule has 0 spiro atoms. The van der Waals surface area contributed by atoms with Crippen molar-refractivity contribution in [1.29, 1.82) is 0 Å². The molecule has 4 atom stereocenters. The molecule has 0 unspecified atom stereocenters. The van der Waals surface area contributed by atoms with Crippen molar-refractivity contribution in [3.63, 3.8) is 0 Å². The molecule has 1 fully saturated rings. The lowest BCUT2D eigenvalue weighted by molar-refractivity contribution is 0.0247. The Kier molecular flexibility index (Phi) is 3.62. The largest absolute Gasteiger partial charge is 0.387 e. The van der Waals surface area contributed by atoms with Gasteiger partial charge in [0, 0.05) is 12.1 Å². The summed E-state index contributed by atoms with van der Waals surface area (Å²) in [5, 5.41) is 22.4. The van der Waals surface area contributed by atoms with E-state index in [1.165, 1.54) is 6.33 Å². The molecule has 1 aromatic rings. The van der Waals surface area contributed by atoms with E-state index >= 15 is 0 Å². The number of hydrogen-bond acceptors (Lipinski definition) is 8. The molecule has 8 heteroatoms. The number of nitrogens with two attached hydrogens (primary N) is 2. The first-order chi connectivity index (χ1) is 8.54. The molecule has 1 aromatic heterocycles. The van der Waals surface area contributed by atoms with Crippen LogP contribution in [0.5, 0.6) is 0 Å². The van der Waals surface area contributed by atoms with Gasteiger partial charge in [-0.25, -0.2) is 9.97 Å². The Balaban J connectivity index is 2.13. The van der Waals surface area contributed by atoms with Crippen LogP contribution in [0.1, 0.15) is 5.56 Å². The van der Waals surface area contributed by atoms with Crippen molar-refractivity contribution >= 4 is 11.6 Å². The van der Waals surface area contributed by atoms with Gasteiger partial charge in [0.2, 0.25) is 0 Å². The van der Waals surface area contributed by atoms with Gasteiger partial charge in [0.1, 0.15) is 36.3 Å². The molecule has 0 aromatic carbocycles. The smallest absolute Gasteiger partial charge is 0.158 e. The Bertz CT molecular complexity index is 430. The zero-order chi connectivity index (χ0) is 13.3. The van der Waals surface area contributed by atoms with E-state index in [-0.39, 0.29) is 6.54 Å². The summed E-state index contributed by atoms with van der Waals surface area (Å²) in [7, 11) is 0. The summed E-state index contributed by atoms with van der Waals surface area (Å²) < 4.78 is 5.40. The molecule has 0 radical (unpaired) electrons. The van der Waals surface area contributed by atoms with Crippen molar-refractivity contribution in [3.8, 4) is 0 Å². The number of aromatic nitrogens is 2. The standard InChI is InChI=1S/C10H17N5O3/c1-4-8(12)13-3-14-9(4)15-10-7(17)6(16)5(2-11)18-10/h3,5-7,10,16-17H,2,11H2,1H3,(H3,12,13,14,15)/t5-,6-,7-,10-/m1/s1. The van der Waals surface area contributed by atoms with Gasteiger partial charge >= 0.3 is 0 Å². The second-order valence-electron chi connectivity index (χ2n) is 4.19. The average molecular weight is 255 g/mol. The molecule has 1 saturated heterocycles. The van der Waals surface area contributed by atoms with E-state index in [1.54, 1.807) is 6.92 Å². The summed E-state index contributed by atoms with van der Waals surface area (Å²) in [6.45, 7) is 1.87. The van der Waals surface area contributed by atoms with Crippen LogP contribution >= 0.6 is 0 Å². The van der Waals surface area contributed by atoms with Gasteiger partial charge in [0.05, 0.1) is 0 Å². The number of nitrogens with one attached hydrogen (secondary N) is 1. The Morgan fingerprint density at radius 1 is 1.39 bits per heavy atom. The van der Waals surface area contributed by atoms with Crippen molar-refractivity contribution < 1.29 is 14.9 Å². The second kappa shape index (κ2) is 5.02. The molecule has 0 saturated carbocycles. The second-order valence-corrected chi connectivity index (χ2v) is 4.19. The summed E-state index contributed by atoms with van der Waals surface area (Å²) in [5.41, 5.74) is 11.7. The van der Waals surface area contributed by atoms with Gasteiger partial charge in [-0.05, 0) is 6.92 Å². The zero-order valence-corrected chi connectivity index (χ0v) is 9.95. The van der Waals surface area contributed by atoms with Crippen molar-refractivity contribution in [2.24, 2.45) is 5.73 Å². The highest BCUT2D eigenvalue weighted by atomic mass is 16.6. The third-order valence-corrected chi connectivity index (χ3v) is 3.00. The van der Waals surface area contributed by atoms with Crippen LogP contribution in [0.4, 0.5) is 11.6 Å². The maximum Gasteiger partial charge on any atom is 0.158 e. The SMILES string of the molecule is Cc1c(N)ncnc1N[C@@H]1O[C@H](CN)[C@@H](O)[C@H]1O. The van der Waals surface area contributed by atoms with Gasteiger partial charge in [-0.1, -0.05) is 0 Å². The molecule has 8 nitrogen and oxygen atoms in total. The summed E-state index contributed by atoms with van der Waals surface area (Å²) in [5.74, 6) is 0.798. The number of rotatable bonds is 3. The highest BCUT2D eigenvalue weighted by Gasteiger charge is 2.42. The van der Waals surface area contributed by atoms with Gasteiger partial charge in [-0.3, -0.25) is 0 Å². The molecule has 0 amide bonds. The predicted molar refractivity (Wildman–Crippen MR) is 64.5 cm³/mol. The minimum absolute atomic E-state index is 0.126. The van der Waals surface area contributed by atoms with Crippen molar-refractivity contribution in [1.82, 2.24) is 9.97 Å².